The zero-order valence-corrected chi connectivity index (χ0v) is 11.1. The summed E-state index contributed by atoms with van der Waals surface area (Å²) in [5.41, 5.74) is 1.02. The third kappa shape index (κ3) is 5.58. The fourth-order valence-corrected chi connectivity index (χ4v) is 1.49. The van der Waals surface area contributed by atoms with Gasteiger partial charge < -0.3 is 24.6 Å². The minimum absolute atomic E-state index is 0.387. The fraction of sp³-hybridized carbons (Fsp3) is 0.462. The van der Waals surface area contributed by atoms with Gasteiger partial charge in [0.05, 0.1) is 13.7 Å². The Morgan fingerprint density at radius 2 is 2.11 bits per heavy atom. The van der Waals surface area contributed by atoms with Crippen LogP contribution >= 0.6 is 0 Å². The number of methoxy groups -OCH3 is 2. The standard InChI is InChI=1S/C13H19NO5/c1-17-6-5-14-8-10-3-4-11(12(7-10)18-2)19-9-13(15)16/h3-4,7,14H,5-6,8-9H2,1-2H3,(H,15,16). The van der Waals surface area contributed by atoms with E-state index in [0.29, 0.717) is 24.7 Å². The van der Waals surface area contributed by atoms with Gasteiger partial charge in [-0.05, 0) is 17.7 Å². The summed E-state index contributed by atoms with van der Waals surface area (Å²) in [6, 6.07) is 5.38. The first-order valence-electron chi connectivity index (χ1n) is 5.88. The minimum Gasteiger partial charge on any atom is -0.493 e. The summed E-state index contributed by atoms with van der Waals surface area (Å²) < 4.78 is 15.2. The molecule has 1 rings (SSSR count). The molecule has 0 bridgehead atoms. The van der Waals surface area contributed by atoms with Gasteiger partial charge in [0.25, 0.3) is 0 Å². The highest BCUT2D eigenvalue weighted by molar-refractivity contribution is 5.68. The number of rotatable bonds is 9. The number of carboxylic acid groups (broad SMARTS) is 1. The first-order chi connectivity index (χ1) is 9.17. The van der Waals surface area contributed by atoms with Gasteiger partial charge in [0.1, 0.15) is 0 Å². The maximum absolute atomic E-state index is 10.5. The topological polar surface area (TPSA) is 77.0 Å². The number of benzene rings is 1. The third-order valence-electron chi connectivity index (χ3n) is 2.39. The highest BCUT2D eigenvalue weighted by atomic mass is 16.5. The van der Waals surface area contributed by atoms with Crippen molar-refractivity contribution in [1.82, 2.24) is 5.32 Å². The summed E-state index contributed by atoms with van der Waals surface area (Å²) in [6.45, 7) is 1.70. The summed E-state index contributed by atoms with van der Waals surface area (Å²) in [7, 11) is 3.17. The monoisotopic (exact) mass is 269 g/mol. The first kappa shape index (κ1) is 15.3. The molecule has 0 saturated carbocycles. The number of ether oxygens (including phenoxy) is 3. The van der Waals surface area contributed by atoms with Crippen molar-refractivity contribution in [2.24, 2.45) is 0 Å². The van der Waals surface area contributed by atoms with E-state index in [4.69, 9.17) is 19.3 Å². The Kier molecular flexibility index (Phi) is 6.70. The van der Waals surface area contributed by atoms with Crippen molar-refractivity contribution in [3.63, 3.8) is 0 Å². The van der Waals surface area contributed by atoms with Crippen LogP contribution < -0.4 is 14.8 Å². The second-order valence-electron chi connectivity index (χ2n) is 3.84. The van der Waals surface area contributed by atoms with Gasteiger partial charge in [-0.2, -0.15) is 0 Å². The maximum atomic E-state index is 10.5. The lowest BCUT2D eigenvalue weighted by Crippen LogP contribution is -2.18. The second-order valence-corrected chi connectivity index (χ2v) is 3.84. The van der Waals surface area contributed by atoms with E-state index in [1.54, 1.807) is 13.2 Å². The van der Waals surface area contributed by atoms with E-state index in [1.165, 1.54) is 7.11 Å². The van der Waals surface area contributed by atoms with E-state index in [0.717, 1.165) is 12.1 Å². The Morgan fingerprint density at radius 3 is 2.74 bits per heavy atom. The number of carbonyl (C=O) groups is 1. The summed E-state index contributed by atoms with van der Waals surface area (Å²) in [4.78, 5) is 10.5. The largest absolute Gasteiger partial charge is 0.493 e. The Balaban J connectivity index is 2.59. The SMILES string of the molecule is COCCNCc1ccc(OCC(=O)O)c(OC)c1. The van der Waals surface area contributed by atoms with Crippen molar-refractivity contribution in [1.29, 1.82) is 0 Å². The number of hydrogen-bond donors (Lipinski definition) is 2. The summed E-state index contributed by atoms with van der Waals surface area (Å²) in [5.74, 6) is -0.0785. The van der Waals surface area contributed by atoms with Gasteiger partial charge in [-0.1, -0.05) is 6.07 Å². The van der Waals surface area contributed by atoms with Crippen LogP contribution in [-0.4, -0.2) is 45.1 Å². The third-order valence-corrected chi connectivity index (χ3v) is 2.39. The normalized spacial score (nSPS) is 10.2. The zero-order valence-electron chi connectivity index (χ0n) is 11.1. The Labute approximate surface area is 112 Å². The van der Waals surface area contributed by atoms with Crippen LogP contribution in [0.4, 0.5) is 0 Å². The van der Waals surface area contributed by atoms with Crippen LogP contribution in [0.2, 0.25) is 0 Å². The highest BCUT2D eigenvalue weighted by Gasteiger charge is 2.07. The van der Waals surface area contributed by atoms with Gasteiger partial charge in [-0.3, -0.25) is 0 Å². The molecule has 0 aliphatic heterocycles. The lowest BCUT2D eigenvalue weighted by atomic mass is 10.2. The average molecular weight is 269 g/mol. The van der Waals surface area contributed by atoms with Crippen molar-refractivity contribution in [2.45, 2.75) is 6.54 Å². The zero-order chi connectivity index (χ0) is 14.1. The molecule has 2 N–H and O–H groups in total. The molecule has 106 valence electrons. The van der Waals surface area contributed by atoms with Crippen LogP contribution in [0.5, 0.6) is 11.5 Å². The maximum Gasteiger partial charge on any atom is 0.341 e. The summed E-state index contributed by atoms with van der Waals surface area (Å²) >= 11 is 0. The van der Waals surface area contributed by atoms with Crippen molar-refractivity contribution in [3.05, 3.63) is 23.8 Å². The van der Waals surface area contributed by atoms with E-state index in [1.807, 2.05) is 12.1 Å². The van der Waals surface area contributed by atoms with Crippen LogP contribution in [-0.2, 0) is 16.1 Å². The molecule has 0 saturated heterocycles. The lowest BCUT2D eigenvalue weighted by Gasteiger charge is -2.11. The second kappa shape index (κ2) is 8.34. The number of hydrogen-bond acceptors (Lipinski definition) is 5. The molecule has 19 heavy (non-hydrogen) atoms. The van der Waals surface area contributed by atoms with E-state index < -0.39 is 5.97 Å². The number of carboxylic acids is 1. The fourth-order valence-electron chi connectivity index (χ4n) is 1.49. The molecule has 0 atom stereocenters. The van der Waals surface area contributed by atoms with Gasteiger partial charge in [0, 0.05) is 20.2 Å². The van der Waals surface area contributed by atoms with E-state index in [2.05, 4.69) is 5.32 Å². The van der Waals surface area contributed by atoms with Crippen molar-refractivity contribution < 1.29 is 24.1 Å². The predicted molar refractivity (Wildman–Crippen MR) is 69.7 cm³/mol. The average Bonchev–Trinajstić information content (AvgIpc) is 2.41. The van der Waals surface area contributed by atoms with E-state index >= 15 is 0 Å². The molecular weight excluding hydrogens is 250 g/mol. The molecule has 1 aromatic carbocycles. The van der Waals surface area contributed by atoms with Crippen molar-refractivity contribution in [2.75, 3.05) is 34.0 Å². The molecule has 0 aliphatic rings. The highest BCUT2D eigenvalue weighted by Crippen LogP contribution is 2.27. The predicted octanol–water partition coefficient (Wildman–Crippen LogP) is 0.895. The Bertz CT molecular complexity index is 408. The Hall–Kier alpha value is -1.79. The van der Waals surface area contributed by atoms with Crippen LogP contribution in [0.3, 0.4) is 0 Å². The molecule has 6 heteroatoms. The van der Waals surface area contributed by atoms with Gasteiger partial charge >= 0.3 is 5.97 Å². The minimum atomic E-state index is -1.02. The van der Waals surface area contributed by atoms with Crippen LogP contribution in [0.1, 0.15) is 5.56 Å². The molecule has 0 fully saturated rings. The first-order valence-corrected chi connectivity index (χ1v) is 5.88. The quantitative estimate of drug-likeness (QED) is 0.648. The molecule has 0 aromatic heterocycles. The number of nitrogens with one attached hydrogen (secondary N) is 1. The lowest BCUT2D eigenvalue weighted by molar-refractivity contribution is -0.139. The summed E-state index contributed by atoms with van der Waals surface area (Å²) in [5, 5.41) is 11.8. The molecular formula is C13H19NO5. The van der Waals surface area contributed by atoms with Crippen molar-refractivity contribution >= 4 is 5.97 Å². The van der Waals surface area contributed by atoms with Gasteiger partial charge in [0.15, 0.2) is 18.1 Å². The molecule has 0 unspecified atom stereocenters. The van der Waals surface area contributed by atoms with Gasteiger partial charge in [-0.25, -0.2) is 4.79 Å². The van der Waals surface area contributed by atoms with Crippen LogP contribution in [0.25, 0.3) is 0 Å². The van der Waals surface area contributed by atoms with Crippen LogP contribution in [0, 0.1) is 0 Å². The Morgan fingerprint density at radius 1 is 1.32 bits per heavy atom. The summed E-state index contributed by atoms with van der Waals surface area (Å²) in [6.07, 6.45) is 0. The molecule has 0 aliphatic carbocycles. The smallest absolute Gasteiger partial charge is 0.341 e. The van der Waals surface area contributed by atoms with Gasteiger partial charge in [0.2, 0.25) is 0 Å². The van der Waals surface area contributed by atoms with E-state index in [9.17, 15) is 4.79 Å². The molecule has 1 aromatic rings. The molecule has 0 radical (unpaired) electrons. The molecule has 0 heterocycles. The molecule has 0 amide bonds. The van der Waals surface area contributed by atoms with Crippen molar-refractivity contribution in [3.8, 4) is 11.5 Å². The van der Waals surface area contributed by atoms with Gasteiger partial charge in [-0.15, -0.1) is 0 Å². The number of aliphatic carboxylic acids is 1. The van der Waals surface area contributed by atoms with E-state index in [-0.39, 0.29) is 6.61 Å². The molecule has 6 nitrogen and oxygen atoms in total. The molecule has 0 spiro atoms. The van der Waals surface area contributed by atoms with Crippen LogP contribution in [0.15, 0.2) is 18.2 Å².